The molecule has 200 valence electrons. The number of aromatic amines is 1. The van der Waals surface area contributed by atoms with Gasteiger partial charge in [0.25, 0.3) is 5.78 Å². The van der Waals surface area contributed by atoms with Crippen LogP contribution in [0, 0.1) is 5.92 Å². The second-order valence-corrected chi connectivity index (χ2v) is 9.44. The molecule has 39 heavy (non-hydrogen) atoms. The number of aromatic nitrogens is 3. The first-order chi connectivity index (χ1) is 18.8. The molecule has 5 rings (SSSR count). The number of imidazole rings is 1. The van der Waals surface area contributed by atoms with E-state index >= 15 is 0 Å². The maximum Gasteiger partial charge on any atom is 0.302 e. The molecule has 1 saturated heterocycles. The third-order valence-electron chi connectivity index (χ3n) is 6.31. The lowest BCUT2D eigenvalue weighted by atomic mass is 9.98. The van der Waals surface area contributed by atoms with E-state index in [1.807, 2.05) is 13.8 Å². The smallest absolute Gasteiger partial charge is 0.302 e. The Kier molecular flexibility index (Phi) is 6.93. The summed E-state index contributed by atoms with van der Waals surface area (Å²) < 4.78 is 16.5. The number of ether oxygens (including phenoxy) is 3. The molecule has 1 aliphatic heterocycles. The van der Waals surface area contributed by atoms with Crippen LogP contribution < -0.4 is 19.1 Å². The number of carbonyl (C=O) groups is 2. The Hall–Kier alpha value is -4.86. The normalized spacial score (nSPS) is 16.7. The van der Waals surface area contributed by atoms with Gasteiger partial charge in [-0.15, -0.1) is 0 Å². The van der Waals surface area contributed by atoms with E-state index in [9.17, 15) is 14.7 Å². The summed E-state index contributed by atoms with van der Waals surface area (Å²) in [6.07, 6.45) is 1.56. The summed E-state index contributed by atoms with van der Waals surface area (Å²) in [5.41, 5.74) is 1.70. The number of hydrogen-bond acceptors (Lipinski definition) is 8. The predicted molar refractivity (Wildman–Crippen MR) is 145 cm³/mol. The molecule has 2 aromatic heterocycles. The second-order valence-electron chi connectivity index (χ2n) is 9.44. The molecule has 2 aromatic carbocycles. The monoisotopic (exact) mass is 528 g/mol. The number of anilines is 1. The molecule has 1 fully saturated rings. The Morgan fingerprint density at radius 3 is 2.51 bits per heavy atom. The molecule has 0 radical (unpaired) electrons. The highest BCUT2D eigenvalue weighted by Crippen LogP contribution is 2.42. The first-order valence-electron chi connectivity index (χ1n) is 12.4. The molecule has 1 unspecified atom stereocenters. The fourth-order valence-electron chi connectivity index (χ4n) is 4.46. The summed E-state index contributed by atoms with van der Waals surface area (Å²) in [7, 11) is 3.03. The summed E-state index contributed by atoms with van der Waals surface area (Å²) >= 11 is 0. The van der Waals surface area contributed by atoms with Gasteiger partial charge in [-0.1, -0.05) is 32.0 Å². The highest BCUT2D eigenvalue weighted by molar-refractivity contribution is 6.51. The predicted octanol–water partition coefficient (Wildman–Crippen LogP) is 4.64. The first-order valence-corrected chi connectivity index (χ1v) is 12.4. The lowest BCUT2D eigenvalue weighted by molar-refractivity contribution is -0.132. The van der Waals surface area contributed by atoms with Gasteiger partial charge in [-0.2, -0.15) is 0 Å². The van der Waals surface area contributed by atoms with E-state index in [4.69, 9.17) is 14.2 Å². The van der Waals surface area contributed by atoms with Crippen LogP contribution in [0.15, 0.2) is 66.4 Å². The second kappa shape index (κ2) is 10.5. The van der Waals surface area contributed by atoms with E-state index in [-0.39, 0.29) is 17.3 Å². The third kappa shape index (κ3) is 4.76. The molecule has 2 N–H and O–H groups in total. The van der Waals surface area contributed by atoms with Crippen LogP contribution in [0.3, 0.4) is 0 Å². The summed E-state index contributed by atoms with van der Waals surface area (Å²) in [6, 6.07) is 14.3. The van der Waals surface area contributed by atoms with Gasteiger partial charge < -0.3 is 24.3 Å². The van der Waals surface area contributed by atoms with Crippen LogP contribution in [0.4, 0.5) is 5.95 Å². The van der Waals surface area contributed by atoms with E-state index in [0.29, 0.717) is 52.1 Å². The van der Waals surface area contributed by atoms with Gasteiger partial charge in [-0.05, 0) is 30.2 Å². The molecule has 3 heterocycles. The topological polar surface area (TPSA) is 127 Å². The number of H-pyrrole nitrogens is 1. The summed E-state index contributed by atoms with van der Waals surface area (Å²) in [6.45, 7) is 4.55. The van der Waals surface area contributed by atoms with Gasteiger partial charge in [0.1, 0.15) is 17.6 Å². The number of amides is 1. The minimum Gasteiger partial charge on any atom is -0.507 e. The number of methoxy groups -OCH3 is 2. The summed E-state index contributed by atoms with van der Waals surface area (Å²) in [4.78, 5) is 40.2. The molecule has 1 amide bonds. The van der Waals surface area contributed by atoms with Crippen LogP contribution in [-0.2, 0) is 9.59 Å². The van der Waals surface area contributed by atoms with Crippen molar-refractivity contribution in [3.05, 3.63) is 77.6 Å². The average molecular weight is 529 g/mol. The Balaban J connectivity index is 1.65. The zero-order chi connectivity index (χ0) is 27.7. The number of ketones is 1. The molecule has 1 atom stereocenters. The maximum atomic E-state index is 13.5. The van der Waals surface area contributed by atoms with E-state index in [2.05, 4.69) is 15.0 Å². The van der Waals surface area contributed by atoms with Crippen LogP contribution in [0.2, 0.25) is 0 Å². The molecule has 0 spiro atoms. The number of rotatable bonds is 8. The number of carbonyl (C=O) groups excluding carboxylic acids is 2. The Morgan fingerprint density at radius 2 is 1.82 bits per heavy atom. The Morgan fingerprint density at radius 1 is 1.05 bits per heavy atom. The van der Waals surface area contributed by atoms with Crippen molar-refractivity contribution in [2.75, 3.05) is 25.7 Å². The van der Waals surface area contributed by atoms with E-state index < -0.39 is 17.7 Å². The van der Waals surface area contributed by atoms with Crippen molar-refractivity contribution in [1.29, 1.82) is 0 Å². The number of benzene rings is 2. The standard InChI is InChI=1S/C29H28N4O6/c1-16(2)15-39-18-9-7-8-17(12-18)26(34)24-25(19-10-5-6-11-30-19)33(28(36)27(24)35)29-31-20-13-22(37-3)23(38-4)14-21(20)32-29/h5-14,16,25,34H,15H2,1-4H3,(H,31,32)/b26-24+. The van der Waals surface area contributed by atoms with Gasteiger partial charge in [0.05, 0.1) is 43.1 Å². The summed E-state index contributed by atoms with van der Waals surface area (Å²) in [5.74, 6) is -0.136. The molecule has 0 aliphatic carbocycles. The molecule has 0 bridgehead atoms. The highest BCUT2D eigenvalue weighted by atomic mass is 16.5. The van der Waals surface area contributed by atoms with Crippen LogP contribution in [0.1, 0.15) is 31.1 Å². The molecular formula is C29H28N4O6. The minimum atomic E-state index is -1.03. The fourth-order valence-corrected chi connectivity index (χ4v) is 4.46. The Labute approximate surface area is 224 Å². The van der Waals surface area contributed by atoms with E-state index in [1.54, 1.807) is 60.8 Å². The van der Waals surface area contributed by atoms with Crippen molar-refractivity contribution in [2.24, 2.45) is 5.92 Å². The van der Waals surface area contributed by atoms with Crippen molar-refractivity contribution >= 4 is 34.4 Å². The summed E-state index contributed by atoms with van der Waals surface area (Å²) in [5, 5.41) is 11.4. The largest absolute Gasteiger partial charge is 0.507 e. The van der Waals surface area contributed by atoms with Gasteiger partial charge >= 0.3 is 5.91 Å². The number of nitrogens with zero attached hydrogens (tertiary/aromatic N) is 3. The quantitative estimate of drug-likeness (QED) is 0.192. The van der Waals surface area contributed by atoms with E-state index in [0.717, 1.165) is 0 Å². The van der Waals surface area contributed by atoms with Crippen molar-refractivity contribution in [1.82, 2.24) is 15.0 Å². The fraction of sp³-hybridized carbons (Fsp3) is 0.241. The molecule has 10 nitrogen and oxygen atoms in total. The van der Waals surface area contributed by atoms with Gasteiger partial charge in [-0.3, -0.25) is 19.5 Å². The average Bonchev–Trinajstić information content (AvgIpc) is 3.48. The van der Waals surface area contributed by atoms with Crippen molar-refractivity contribution in [2.45, 2.75) is 19.9 Å². The lowest BCUT2D eigenvalue weighted by Gasteiger charge is -2.22. The van der Waals surface area contributed by atoms with Crippen molar-refractivity contribution in [3.63, 3.8) is 0 Å². The minimum absolute atomic E-state index is 0.102. The Bertz CT molecular complexity index is 1540. The highest BCUT2D eigenvalue weighted by Gasteiger charge is 2.49. The number of Topliss-reactive ketones (excluding diaryl/α,β-unsaturated/α-hetero) is 1. The van der Waals surface area contributed by atoms with Crippen LogP contribution in [0.25, 0.3) is 16.8 Å². The number of pyridine rings is 1. The van der Waals surface area contributed by atoms with Crippen LogP contribution in [-0.4, -0.2) is 52.6 Å². The van der Waals surface area contributed by atoms with E-state index in [1.165, 1.54) is 19.1 Å². The molecule has 0 saturated carbocycles. The number of hydrogen-bond donors (Lipinski definition) is 2. The maximum absolute atomic E-state index is 13.5. The van der Waals surface area contributed by atoms with Gasteiger partial charge in [0.2, 0.25) is 5.95 Å². The number of fused-ring (bicyclic) bond motifs is 1. The van der Waals surface area contributed by atoms with Crippen molar-refractivity contribution in [3.8, 4) is 17.2 Å². The number of nitrogens with one attached hydrogen (secondary N) is 1. The van der Waals surface area contributed by atoms with Crippen molar-refractivity contribution < 1.29 is 28.9 Å². The number of aliphatic hydroxyl groups excluding tert-OH is 1. The molecule has 1 aliphatic rings. The lowest BCUT2D eigenvalue weighted by Crippen LogP contribution is -2.30. The third-order valence-corrected chi connectivity index (χ3v) is 6.31. The number of aliphatic hydroxyl groups is 1. The van der Waals surface area contributed by atoms with Crippen LogP contribution in [0.5, 0.6) is 17.2 Å². The zero-order valence-electron chi connectivity index (χ0n) is 22.0. The first kappa shape index (κ1) is 25.8. The van der Waals surface area contributed by atoms with Gasteiger partial charge in [-0.25, -0.2) is 4.98 Å². The molecular weight excluding hydrogens is 500 g/mol. The van der Waals surface area contributed by atoms with Crippen LogP contribution >= 0.6 is 0 Å². The molecule has 4 aromatic rings. The SMILES string of the molecule is COc1cc2nc(N3C(=O)C(=O)/C(=C(/O)c4cccc(OCC(C)C)c4)C3c3ccccn3)[nH]c2cc1OC. The molecule has 10 heteroatoms. The van der Waals surface area contributed by atoms with Gasteiger partial charge in [0.15, 0.2) is 11.5 Å². The zero-order valence-corrected chi connectivity index (χ0v) is 22.0. The van der Waals surface area contributed by atoms with Gasteiger partial charge in [0, 0.05) is 23.9 Å².